The molecular weight excluding hydrogens is 308 g/mol. The molecule has 0 aliphatic heterocycles. The summed E-state index contributed by atoms with van der Waals surface area (Å²) in [5.41, 5.74) is 2.45. The highest BCUT2D eigenvalue weighted by molar-refractivity contribution is 5.91. The summed E-state index contributed by atoms with van der Waals surface area (Å²) in [6.07, 6.45) is 0. The van der Waals surface area contributed by atoms with E-state index in [9.17, 15) is 9.59 Å². The molecule has 2 aromatic rings. The molecule has 0 spiro atoms. The Morgan fingerprint density at radius 1 is 1.25 bits per heavy atom. The second-order valence-electron chi connectivity index (χ2n) is 5.99. The average Bonchev–Trinajstić information content (AvgIpc) is 2.95. The Kier molecular flexibility index (Phi) is 5.28. The van der Waals surface area contributed by atoms with Crippen LogP contribution in [0.25, 0.3) is 11.3 Å². The summed E-state index contributed by atoms with van der Waals surface area (Å²) in [6, 6.07) is 9.10. The first kappa shape index (κ1) is 17.6. The number of rotatable bonds is 5. The van der Waals surface area contributed by atoms with E-state index in [1.54, 1.807) is 14.0 Å². The Morgan fingerprint density at radius 2 is 1.96 bits per heavy atom. The second kappa shape index (κ2) is 7.21. The van der Waals surface area contributed by atoms with Crippen LogP contribution in [0.2, 0.25) is 0 Å². The third kappa shape index (κ3) is 4.16. The number of carbonyl (C=O) groups excluding carboxylic acids is 1. The van der Waals surface area contributed by atoms with E-state index in [0.29, 0.717) is 5.69 Å². The van der Waals surface area contributed by atoms with E-state index in [1.807, 2.05) is 44.2 Å². The van der Waals surface area contributed by atoms with Crippen molar-refractivity contribution in [2.75, 3.05) is 18.9 Å². The Bertz CT molecular complexity index is 751. The monoisotopic (exact) mass is 330 g/mol. The van der Waals surface area contributed by atoms with E-state index in [1.165, 1.54) is 4.90 Å². The van der Waals surface area contributed by atoms with Crippen LogP contribution in [0.3, 0.4) is 0 Å². The zero-order valence-electron chi connectivity index (χ0n) is 14.3. The van der Waals surface area contributed by atoms with Gasteiger partial charge in [-0.25, -0.2) is 4.79 Å². The number of carboxylic acid groups (broad SMARTS) is 1. The highest BCUT2D eigenvalue weighted by atomic mass is 16.4. The third-order valence-electron chi connectivity index (χ3n) is 3.82. The molecule has 0 radical (unpaired) electrons. The molecule has 2 N–H and O–H groups in total. The van der Waals surface area contributed by atoms with Crippen molar-refractivity contribution in [3.8, 4) is 11.3 Å². The summed E-state index contributed by atoms with van der Waals surface area (Å²) in [4.78, 5) is 24.5. The van der Waals surface area contributed by atoms with Gasteiger partial charge in [-0.3, -0.25) is 4.79 Å². The van der Waals surface area contributed by atoms with E-state index in [-0.39, 0.29) is 12.6 Å². The number of nitrogens with one attached hydrogen (secondary N) is 1. The van der Waals surface area contributed by atoms with Gasteiger partial charge in [-0.1, -0.05) is 19.1 Å². The molecule has 6 heteroatoms. The Hall–Kier alpha value is -2.76. The molecule has 24 heavy (non-hydrogen) atoms. The number of benzene rings is 1. The van der Waals surface area contributed by atoms with Gasteiger partial charge in [-0.15, -0.1) is 0 Å². The van der Waals surface area contributed by atoms with Crippen molar-refractivity contribution < 1.29 is 19.1 Å². The van der Waals surface area contributed by atoms with Crippen molar-refractivity contribution in [2.24, 2.45) is 5.92 Å². The van der Waals surface area contributed by atoms with Crippen molar-refractivity contribution in [3.05, 3.63) is 41.7 Å². The van der Waals surface area contributed by atoms with Crippen LogP contribution < -0.4 is 5.32 Å². The number of hydrogen-bond donors (Lipinski definition) is 2. The minimum atomic E-state index is -0.930. The predicted molar refractivity (Wildman–Crippen MR) is 92.1 cm³/mol. The van der Waals surface area contributed by atoms with E-state index >= 15 is 0 Å². The molecule has 1 aromatic heterocycles. The number of amides is 2. The minimum Gasteiger partial charge on any atom is -0.481 e. The summed E-state index contributed by atoms with van der Waals surface area (Å²) < 4.78 is 5.61. The standard InChI is InChI=1S/C18H22N2O4/c1-11-5-7-14(16-8-6-13(3)24-16)9-15(11)19-18(23)20(4)10-12(2)17(21)22/h5-9,12H,10H2,1-4H3,(H,19,23)(H,21,22). The number of carboxylic acids is 1. The highest BCUT2D eigenvalue weighted by Gasteiger charge is 2.18. The van der Waals surface area contributed by atoms with Crippen LogP contribution in [0.5, 0.6) is 0 Å². The first-order chi connectivity index (χ1) is 11.3. The summed E-state index contributed by atoms with van der Waals surface area (Å²) >= 11 is 0. The van der Waals surface area contributed by atoms with Crippen LogP contribution in [0.1, 0.15) is 18.2 Å². The molecule has 0 saturated heterocycles. The molecule has 128 valence electrons. The summed E-state index contributed by atoms with van der Waals surface area (Å²) in [5, 5.41) is 11.8. The zero-order valence-corrected chi connectivity index (χ0v) is 14.3. The minimum absolute atomic E-state index is 0.136. The number of urea groups is 1. The average molecular weight is 330 g/mol. The number of hydrogen-bond acceptors (Lipinski definition) is 3. The molecule has 1 aromatic carbocycles. The molecule has 0 fully saturated rings. The lowest BCUT2D eigenvalue weighted by Gasteiger charge is -2.21. The molecule has 6 nitrogen and oxygen atoms in total. The van der Waals surface area contributed by atoms with Gasteiger partial charge in [-0.2, -0.15) is 0 Å². The Labute approximate surface area is 141 Å². The molecular formula is C18H22N2O4. The van der Waals surface area contributed by atoms with E-state index in [4.69, 9.17) is 9.52 Å². The van der Waals surface area contributed by atoms with Gasteiger partial charge in [0.2, 0.25) is 0 Å². The molecule has 0 bridgehead atoms. The van der Waals surface area contributed by atoms with Crippen LogP contribution in [0, 0.1) is 19.8 Å². The summed E-state index contributed by atoms with van der Waals surface area (Å²) in [6.45, 7) is 5.47. The summed E-state index contributed by atoms with van der Waals surface area (Å²) in [7, 11) is 1.57. The third-order valence-corrected chi connectivity index (χ3v) is 3.82. The maximum Gasteiger partial charge on any atom is 0.321 e. The topological polar surface area (TPSA) is 82.8 Å². The van der Waals surface area contributed by atoms with Gasteiger partial charge in [0.25, 0.3) is 0 Å². The molecule has 2 amide bonds. The van der Waals surface area contributed by atoms with E-state index in [0.717, 1.165) is 22.6 Å². The number of nitrogens with zero attached hydrogens (tertiary/aromatic N) is 1. The van der Waals surface area contributed by atoms with Gasteiger partial charge < -0.3 is 19.7 Å². The van der Waals surface area contributed by atoms with Crippen molar-refractivity contribution in [1.29, 1.82) is 0 Å². The lowest BCUT2D eigenvalue weighted by atomic mass is 10.1. The quantitative estimate of drug-likeness (QED) is 0.874. The number of anilines is 1. The van der Waals surface area contributed by atoms with E-state index in [2.05, 4.69) is 5.32 Å². The van der Waals surface area contributed by atoms with Gasteiger partial charge in [0.1, 0.15) is 11.5 Å². The van der Waals surface area contributed by atoms with Gasteiger partial charge in [0.15, 0.2) is 0 Å². The lowest BCUT2D eigenvalue weighted by molar-refractivity contribution is -0.141. The van der Waals surface area contributed by atoms with E-state index < -0.39 is 11.9 Å². The Balaban J connectivity index is 2.14. The van der Waals surface area contributed by atoms with Gasteiger partial charge >= 0.3 is 12.0 Å². The van der Waals surface area contributed by atoms with Crippen molar-refractivity contribution >= 4 is 17.7 Å². The fourth-order valence-electron chi connectivity index (χ4n) is 2.28. The number of aliphatic carboxylic acids is 1. The number of carbonyl (C=O) groups is 2. The van der Waals surface area contributed by atoms with Crippen LogP contribution in [-0.2, 0) is 4.79 Å². The lowest BCUT2D eigenvalue weighted by Crippen LogP contribution is -2.36. The summed E-state index contributed by atoms with van der Waals surface area (Å²) in [5.74, 6) is -0.00491. The smallest absolute Gasteiger partial charge is 0.321 e. The van der Waals surface area contributed by atoms with Crippen LogP contribution >= 0.6 is 0 Å². The van der Waals surface area contributed by atoms with Crippen molar-refractivity contribution in [2.45, 2.75) is 20.8 Å². The number of aryl methyl sites for hydroxylation is 2. The van der Waals surface area contributed by atoms with Crippen LogP contribution in [0.4, 0.5) is 10.5 Å². The fraction of sp³-hybridized carbons (Fsp3) is 0.333. The molecule has 2 rings (SSSR count). The molecule has 0 saturated carbocycles. The van der Waals surface area contributed by atoms with Gasteiger partial charge in [0, 0.05) is 24.8 Å². The Morgan fingerprint density at radius 3 is 2.54 bits per heavy atom. The fourth-order valence-corrected chi connectivity index (χ4v) is 2.28. The predicted octanol–water partition coefficient (Wildman–Crippen LogP) is 3.75. The molecule has 1 heterocycles. The normalized spacial score (nSPS) is 11.8. The first-order valence-corrected chi connectivity index (χ1v) is 7.70. The molecule has 1 unspecified atom stereocenters. The van der Waals surface area contributed by atoms with Crippen LogP contribution in [0.15, 0.2) is 34.7 Å². The highest BCUT2D eigenvalue weighted by Crippen LogP contribution is 2.27. The van der Waals surface area contributed by atoms with Crippen molar-refractivity contribution in [3.63, 3.8) is 0 Å². The van der Waals surface area contributed by atoms with Gasteiger partial charge in [-0.05, 0) is 37.6 Å². The molecule has 0 aliphatic carbocycles. The first-order valence-electron chi connectivity index (χ1n) is 7.70. The SMILES string of the molecule is Cc1ccc(-c2ccc(C)c(NC(=O)N(C)CC(C)C(=O)O)c2)o1. The number of furan rings is 1. The molecule has 0 aliphatic rings. The maximum atomic E-state index is 12.3. The van der Waals surface area contributed by atoms with Gasteiger partial charge in [0.05, 0.1) is 5.92 Å². The van der Waals surface area contributed by atoms with Crippen molar-refractivity contribution in [1.82, 2.24) is 4.90 Å². The second-order valence-corrected chi connectivity index (χ2v) is 5.99. The largest absolute Gasteiger partial charge is 0.481 e. The maximum absolute atomic E-state index is 12.3. The molecule has 1 atom stereocenters. The zero-order chi connectivity index (χ0) is 17.9. The van der Waals surface area contributed by atoms with Crippen LogP contribution in [-0.4, -0.2) is 35.6 Å².